The van der Waals surface area contributed by atoms with E-state index < -0.39 is 5.54 Å². The molecule has 2 rings (SSSR count). The Labute approximate surface area is 119 Å². The Morgan fingerprint density at radius 2 is 2.15 bits per heavy atom. The van der Waals surface area contributed by atoms with Gasteiger partial charge in [0.2, 0.25) is 5.91 Å². The van der Waals surface area contributed by atoms with Gasteiger partial charge in [0, 0.05) is 6.54 Å². The van der Waals surface area contributed by atoms with Gasteiger partial charge in [0.15, 0.2) is 0 Å². The summed E-state index contributed by atoms with van der Waals surface area (Å²) >= 11 is 0. The topological polar surface area (TPSA) is 55.1 Å². The number of halogens is 1. The molecular weight excluding hydrogens is 255 g/mol. The molecule has 1 amide bonds. The largest absolute Gasteiger partial charge is 0.354 e. The highest BCUT2D eigenvalue weighted by atomic mass is 19.1. The Balaban J connectivity index is 1.81. The predicted octanol–water partition coefficient (Wildman–Crippen LogP) is 2.39. The molecule has 0 radical (unpaired) electrons. The second-order valence-corrected chi connectivity index (χ2v) is 5.99. The SMILES string of the molecule is CC1CCCC(N)(C(=O)NCCc2ccc(F)cc2)C1. The van der Waals surface area contributed by atoms with Crippen LogP contribution in [0.5, 0.6) is 0 Å². The van der Waals surface area contributed by atoms with Gasteiger partial charge in [0.1, 0.15) is 5.82 Å². The van der Waals surface area contributed by atoms with Gasteiger partial charge in [-0.3, -0.25) is 4.79 Å². The lowest BCUT2D eigenvalue weighted by Crippen LogP contribution is -2.56. The fraction of sp³-hybridized carbons (Fsp3) is 0.562. The Morgan fingerprint density at radius 1 is 1.45 bits per heavy atom. The van der Waals surface area contributed by atoms with Crippen LogP contribution in [-0.4, -0.2) is 18.0 Å². The van der Waals surface area contributed by atoms with Crippen LogP contribution in [0.15, 0.2) is 24.3 Å². The number of hydrogen-bond donors (Lipinski definition) is 2. The molecule has 1 aromatic rings. The van der Waals surface area contributed by atoms with Crippen molar-refractivity contribution >= 4 is 5.91 Å². The van der Waals surface area contributed by atoms with Crippen molar-refractivity contribution in [3.63, 3.8) is 0 Å². The molecule has 4 heteroatoms. The van der Waals surface area contributed by atoms with E-state index in [4.69, 9.17) is 5.73 Å². The molecule has 1 saturated carbocycles. The molecule has 2 unspecified atom stereocenters. The van der Waals surface area contributed by atoms with Crippen LogP contribution in [0.4, 0.5) is 4.39 Å². The van der Waals surface area contributed by atoms with Crippen molar-refractivity contribution in [2.75, 3.05) is 6.54 Å². The maximum absolute atomic E-state index is 12.8. The van der Waals surface area contributed by atoms with Gasteiger partial charge in [-0.1, -0.05) is 31.9 Å². The number of nitrogens with two attached hydrogens (primary N) is 1. The first-order valence-electron chi connectivity index (χ1n) is 7.31. The van der Waals surface area contributed by atoms with Crippen molar-refractivity contribution in [3.05, 3.63) is 35.6 Å². The third kappa shape index (κ3) is 3.79. The molecular formula is C16H23FN2O. The lowest BCUT2D eigenvalue weighted by atomic mass is 9.76. The highest BCUT2D eigenvalue weighted by Gasteiger charge is 2.37. The van der Waals surface area contributed by atoms with Gasteiger partial charge in [-0.05, 0) is 42.9 Å². The molecule has 1 aliphatic carbocycles. The van der Waals surface area contributed by atoms with E-state index in [2.05, 4.69) is 12.2 Å². The summed E-state index contributed by atoms with van der Waals surface area (Å²) in [5, 5.41) is 2.92. The summed E-state index contributed by atoms with van der Waals surface area (Å²) in [6.07, 6.45) is 4.39. The van der Waals surface area contributed by atoms with E-state index in [-0.39, 0.29) is 11.7 Å². The van der Waals surface area contributed by atoms with Gasteiger partial charge in [-0.2, -0.15) is 0 Å². The highest BCUT2D eigenvalue weighted by Crippen LogP contribution is 2.30. The van der Waals surface area contributed by atoms with Gasteiger partial charge in [-0.15, -0.1) is 0 Å². The van der Waals surface area contributed by atoms with E-state index in [9.17, 15) is 9.18 Å². The van der Waals surface area contributed by atoms with E-state index in [1.54, 1.807) is 12.1 Å². The molecule has 3 nitrogen and oxygen atoms in total. The van der Waals surface area contributed by atoms with Crippen molar-refractivity contribution in [2.24, 2.45) is 11.7 Å². The zero-order chi connectivity index (χ0) is 14.6. The summed E-state index contributed by atoms with van der Waals surface area (Å²) in [5.74, 6) is 0.220. The number of carbonyl (C=O) groups excluding carboxylic acids is 1. The van der Waals surface area contributed by atoms with Gasteiger partial charge in [0.05, 0.1) is 5.54 Å². The average molecular weight is 278 g/mol. The first kappa shape index (κ1) is 15.0. The third-order valence-electron chi connectivity index (χ3n) is 4.10. The maximum atomic E-state index is 12.8. The molecule has 20 heavy (non-hydrogen) atoms. The summed E-state index contributed by atoms with van der Waals surface area (Å²) in [6, 6.07) is 6.35. The van der Waals surface area contributed by atoms with Crippen LogP contribution < -0.4 is 11.1 Å². The van der Waals surface area contributed by atoms with E-state index in [0.717, 1.165) is 31.2 Å². The zero-order valence-corrected chi connectivity index (χ0v) is 12.0. The molecule has 0 heterocycles. The molecule has 2 atom stereocenters. The standard InChI is InChI=1S/C16H23FN2O/c1-12-3-2-9-16(18,11-12)15(20)19-10-8-13-4-6-14(17)7-5-13/h4-7,12H,2-3,8-11,18H2,1H3,(H,19,20). The van der Waals surface area contributed by atoms with Crippen LogP contribution in [0.1, 0.15) is 38.2 Å². The molecule has 1 aliphatic rings. The number of hydrogen-bond acceptors (Lipinski definition) is 2. The second kappa shape index (κ2) is 6.35. The number of amides is 1. The molecule has 0 bridgehead atoms. The van der Waals surface area contributed by atoms with Crippen molar-refractivity contribution in [3.8, 4) is 0 Å². The predicted molar refractivity (Wildman–Crippen MR) is 77.7 cm³/mol. The lowest BCUT2D eigenvalue weighted by molar-refractivity contribution is -0.128. The normalized spacial score (nSPS) is 26.2. The van der Waals surface area contributed by atoms with Crippen LogP contribution in [0.3, 0.4) is 0 Å². The molecule has 0 aliphatic heterocycles. The van der Waals surface area contributed by atoms with Crippen LogP contribution in [0.25, 0.3) is 0 Å². The highest BCUT2D eigenvalue weighted by molar-refractivity contribution is 5.86. The number of carbonyl (C=O) groups is 1. The first-order chi connectivity index (χ1) is 9.49. The van der Waals surface area contributed by atoms with Crippen molar-refractivity contribution in [2.45, 2.75) is 44.6 Å². The fourth-order valence-corrected chi connectivity index (χ4v) is 2.95. The zero-order valence-electron chi connectivity index (χ0n) is 12.0. The van der Waals surface area contributed by atoms with Crippen LogP contribution >= 0.6 is 0 Å². The monoisotopic (exact) mass is 278 g/mol. The maximum Gasteiger partial charge on any atom is 0.240 e. The van der Waals surface area contributed by atoms with Crippen molar-refractivity contribution in [1.82, 2.24) is 5.32 Å². The van der Waals surface area contributed by atoms with Gasteiger partial charge in [0.25, 0.3) is 0 Å². The Hall–Kier alpha value is -1.42. The second-order valence-electron chi connectivity index (χ2n) is 5.99. The van der Waals surface area contributed by atoms with Crippen molar-refractivity contribution in [1.29, 1.82) is 0 Å². The minimum Gasteiger partial charge on any atom is -0.354 e. The molecule has 0 spiro atoms. The third-order valence-corrected chi connectivity index (χ3v) is 4.10. The molecule has 1 fully saturated rings. The Morgan fingerprint density at radius 3 is 2.80 bits per heavy atom. The first-order valence-corrected chi connectivity index (χ1v) is 7.31. The van der Waals surface area contributed by atoms with Gasteiger partial charge < -0.3 is 11.1 Å². The van der Waals surface area contributed by atoms with E-state index in [1.807, 2.05) is 0 Å². The van der Waals surface area contributed by atoms with E-state index in [0.29, 0.717) is 18.9 Å². The smallest absolute Gasteiger partial charge is 0.240 e. The average Bonchev–Trinajstić information content (AvgIpc) is 2.40. The molecule has 1 aromatic carbocycles. The van der Waals surface area contributed by atoms with E-state index >= 15 is 0 Å². The fourth-order valence-electron chi connectivity index (χ4n) is 2.95. The quantitative estimate of drug-likeness (QED) is 0.888. The van der Waals surface area contributed by atoms with E-state index in [1.165, 1.54) is 12.1 Å². The molecule has 0 saturated heterocycles. The van der Waals surface area contributed by atoms with Crippen LogP contribution in [0.2, 0.25) is 0 Å². The lowest BCUT2D eigenvalue weighted by Gasteiger charge is -2.35. The van der Waals surface area contributed by atoms with Gasteiger partial charge >= 0.3 is 0 Å². The summed E-state index contributed by atoms with van der Waals surface area (Å²) < 4.78 is 12.8. The van der Waals surface area contributed by atoms with Crippen molar-refractivity contribution < 1.29 is 9.18 Å². The summed E-state index contributed by atoms with van der Waals surface area (Å²) in [6.45, 7) is 2.68. The Kier molecular flexibility index (Phi) is 4.76. The van der Waals surface area contributed by atoms with Crippen LogP contribution in [-0.2, 0) is 11.2 Å². The minimum absolute atomic E-state index is 0.0499. The summed E-state index contributed by atoms with van der Waals surface area (Å²) in [5.41, 5.74) is 6.53. The molecule has 3 N–H and O–H groups in total. The number of nitrogens with one attached hydrogen (secondary N) is 1. The van der Waals surface area contributed by atoms with Gasteiger partial charge in [-0.25, -0.2) is 4.39 Å². The minimum atomic E-state index is -0.708. The Bertz CT molecular complexity index is 460. The summed E-state index contributed by atoms with van der Waals surface area (Å²) in [4.78, 5) is 12.2. The van der Waals surface area contributed by atoms with Crippen LogP contribution in [0, 0.1) is 11.7 Å². The molecule has 110 valence electrons. The number of benzene rings is 1. The molecule has 0 aromatic heterocycles. The summed E-state index contributed by atoms with van der Waals surface area (Å²) in [7, 11) is 0. The number of rotatable bonds is 4.